The van der Waals surface area contributed by atoms with E-state index in [0.29, 0.717) is 0 Å². The zero-order chi connectivity index (χ0) is 13.9. The maximum Gasteiger partial charge on any atom is 0.246 e. The molecule has 2 aromatic rings. The second-order valence-corrected chi connectivity index (χ2v) is 5.04. The highest BCUT2D eigenvalue weighted by Gasteiger charge is 2.28. The minimum absolute atomic E-state index is 0.0365. The molecule has 1 N–H and O–H groups in total. The van der Waals surface area contributed by atoms with Crippen LogP contribution in [0.25, 0.3) is 0 Å². The molecule has 2 atom stereocenters. The van der Waals surface area contributed by atoms with Crippen molar-refractivity contribution in [2.45, 2.75) is 25.6 Å². The van der Waals surface area contributed by atoms with Gasteiger partial charge in [0.15, 0.2) is 0 Å². The predicted molar refractivity (Wildman–Crippen MR) is 74.1 cm³/mol. The number of hydrogen-bond acceptors (Lipinski definition) is 3. The average Bonchev–Trinajstić information content (AvgIpc) is 2.88. The van der Waals surface area contributed by atoms with Gasteiger partial charge in [-0.05, 0) is 12.5 Å². The molecule has 104 valence electrons. The van der Waals surface area contributed by atoms with E-state index >= 15 is 0 Å². The van der Waals surface area contributed by atoms with Gasteiger partial charge in [0.1, 0.15) is 12.7 Å². The van der Waals surface area contributed by atoms with Crippen molar-refractivity contribution < 1.29 is 9.53 Å². The molecule has 2 heterocycles. The van der Waals surface area contributed by atoms with Crippen LogP contribution in [0.15, 0.2) is 42.7 Å². The maximum atomic E-state index is 11.2. The molecule has 0 radical (unpaired) electrons. The van der Waals surface area contributed by atoms with Crippen molar-refractivity contribution in [2.75, 3.05) is 6.61 Å². The molecule has 5 nitrogen and oxygen atoms in total. The molecule has 1 aromatic heterocycles. The molecule has 20 heavy (non-hydrogen) atoms. The molecule has 1 aliphatic heterocycles. The fourth-order valence-corrected chi connectivity index (χ4v) is 2.45. The summed E-state index contributed by atoms with van der Waals surface area (Å²) in [6.45, 7) is 2.78. The van der Waals surface area contributed by atoms with Crippen LogP contribution in [0, 0.1) is 0 Å². The predicted octanol–water partition coefficient (Wildman–Crippen LogP) is 1.51. The number of nitrogens with one attached hydrogen (secondary N) is 1. The highest BCUT2D eigenvalue weighted by atomic mass is 16.5. The molecule has 2 unspecified atom stereocenters. The average molecular weight is 271 g/mol. The number of carbonyl (C=O) groups excluding carboxylic acids is 1. The number of rotatable bonds is 3. The van der Waals surface area contributed by atoms with Gasteiger partial charge in [-0.2, -0.15) is 5.10 Å². The Morgan fingerprint density at radius 2 is 2.20 bits per heavy atom. The first-order valence-corrected chi connectivity index (χ1v) is 6.69. The van der Waals surface area contributed by atoms with Crippen LogP contribution in [0.1, 0.15) is 24.2 Å². The molecule has 0 aliphatic carbocycles. The molecular formula is C15H17N3O2. The number of ether oxygens (including phenoxy) is 1. The summed E-state index contributed by atoms with van der Waals surface area (Å²) in [5.74, 6) is -0.0644. The van der Waals surface area contributed by atoms with Crippen molar-refractivity contribution in [3.05, 3.63) is 53.9 Å². The van der Waals surface area contributed by atoms with E-state index in [1.165, 1.54) is 5.56 Å². The Kier molecular flexibility index (Phi) is 3.52. The van der Waals surface area contributed by atoms with E-state index in [4.69, 9.17) is 4.74 Å². The Morgan fingerprint density at radius 1 is 1.40 bits per heavy atom. The SMILES string of the molecule is CC1NC(=O)COC1c1cnn(Cc2ccccc2)c1. The molecule has 1 aliphatic rings. The molecule has 0 saturated carbocycles. The topological polar surface area (TPSA) is 56.1 Å². The molecule has 5 heteroatoms. The smallest absolute Gasteiger partial charge is 0.246 e. The summed E-state index contributed by atoms with van der Waals surface area (Å²) in [5.41, 5.74) is 2.20. The first kappa shape index (κ1) is 12.9. The van der Waals surface area contributed by atoms with Crippen molar-refractivity contribution in [3.63, 3.8) is 0 Å². The van der Waals surface area contributed by atoms with E-state index in [1.54, 1.807) is 0 Å². The Morgan fingerprint density at radius 3 is 2.95 bits per heavy atom. The number of aromatic nitrogens is 2. The third kappa shape index (κ3) is 2.72. The zero-order valence-corrected chi connectivity index (χ0v) is 11.3. The Hall–Kier alpha value is -2.14. The molecular weight excluding hydrogens is 254 g/mol. The molecule has 1 fully saturated rings. The van der Waals surface area contributed by atoms with Gasteiger partial charge < -0.3 is 10.1 Å². The minimum atomic E-state index is -0.128. The minimum Gasteiger partial charge on any atom is -0.361 e. The van der Waals surface area contributed by atoms with Crippen LogP contribution in [-0.4, -0.2) is 28.3 Å². The Labute approximate surface area is 117 Å². The van der Waals surface area contributed by atoms with Gasteiger partial charge in [0.25, 0.3) is 0 Å². The van der Waals surface area contributed by atoms with Gasteiger partial charge in [0, 0.05) is 11.8 Å². The lowest BCUT2D eigenvalue weighted by atomic mass is 10.1. The van der Waals surface area contributed by atoms with Gasteiger partial charge in [0.2, 0.25) is 5.91 Å². The fraction of sp³-hybridized carbons (Fsp3) is 0.333. The highest BCUT2D eigenvalue weighted by Crippen LogP contribution is 2.23. The third-order valence-electron chi connectivity index (χ3n) is 3.41. The first-order valence-electron chi connectivity index (χ1n) is 6.69. The summed E-state index contributed by atoms with van der Waals surface area (Å²) in [5, 5.41) is 7.25. The summed E-state index contributed by atoms with van der Waals surface area (Å²) in [6, 6.07) is 10.1. The summed E-state index contributed by atoms with van der Waals surface area (Å²) in [6.07, 6.45) is 3.66. The van der Waals surface area contributed by atoms with Crippen LogP contribution in [0.5, 0.6) is 0 Å². The standard InChI is InChI=1S/C15H17N3O2/c1-11-15(20-10-14(19)17-11)13-7-16-18(9-13)8-12-5-3-2-4-6-12/h2-7,9,11,15H,8,10H2,1H3,(H,17,19). The lowest BCUT2D eigenvalue weighted by Crippen LogP contribution is -2.45. The van der Waals surface area contributed by atoms with E-state index in [9.17, 15) is 4.79 Å². The van der Waals surface area contributed by atoms with E-state index in [-0.39, 0.29) is 24.7 Å². The quantitative estimate of drug-likeness (QED) is 0.920. The van der Waals surface area contributed by atoms with Crippen LogP contribution in [0.3, 0.4) is 0 Å². The first-order chi connectivity index (χ1) is 9.72. The van der Waals surface area contributed by atoms with Gasteiger partial charge in [-0.1, -0.05) is 30.3 Å². The van der Waals surface area contributed by atoms with Gasteiger partial charge in [-0.15, -0.1) is 0 Å². The number of benzene rings is 1. The van der Waals surface area contributed by atoms with Crippen molar-refractivity contribution >= 4 is 5.91 Å². The van der Waals surface area contributed by atoms with Crippen LogP contribution < -0.4 is 5.32 Å². The van der Waals surface area contributed by atoms with E-state index in [2.05, 4.69) is 22.5 Å². The number of morpholine rings is 1. The van der Waals surface area contributed by atoms with Crippen molar-refractivity contribution in [2.24, 2.45) is 0 Å². The molecule has 1 saturated heterocycles. The van der Waals surface area contributed by atoms with Gasteiger partial charge in [0.05, 0.1) is 18.8 Å². The lowest BCUT2D eigenvalue weighted by molar-refractivity contribution is -0.136. The van der Waals surface area contributed by atoms with E-state index in [0.717, 1.165) is 12.1 Å². The largest absolute Gasteiger partial charge is 0.361 e. The summed E-state index contributed by atoms with van der Waals surface area (Å²) in [7, 11) is 0. The zero-order valence-electron chi connectivity index (χ0n) is 11.3. The normalized spacial score (nSPS) is 22.6. The second kappa shape index (κ2) is 5.46. The summed E-state index contributed by atoms with van der Waals surface area (Å²) >= 11 is 0. The van der Waals surface area contributed by atoms with Crippen LogP contribution in [-0.2, 0) is 16.1 Å². The van der Waals surface area contributed by atoms with Crippen LogP contribution in [0.2, 0.25) is 0 Å². The molecule has 0 spiro atoms. The van der Waals surface area contributed by atoms with Crippen LogP contribution in [0.4, 0.5) is 0 Å². The number of hydrogen-bond donors (Lipinski definition) is 1. The fourth-order valence-electron chi connectivity index (χ4n) is 2.45. The van der Waals surface area contributed by atoms with Gasteiger partial charge in [-0.3, -0.25) is 9.48 Å². The molecule has 0 bridgehead atoms. The molecule has 1 amide bonds. The monoisotopic (exact) mass is 271 g/mol. The van der Waals surface area contributed by atoms with Crippen molar-refractivity contribution in [1.82, 2.24) is 15.1 Å². The second-order valence-electron chi connectivity index (χ2n) is 5.04. The third-order valence-corrected chi connectivity index (χ3v) is 3.41. The van der Waals surface area contributed by atoms with Gasteiger partial charge in [-0.25, -0.2) is 0 Å². The molecule has 3 rings (SSSR count). The lowest BCUT2D eigenvalue weighted by Gasteiger charge is -2.28. The number of amides is 1. The van der Waals surface area contributed by atoms with Crippen molar-refractivity contribution in [3.8, 4) is 0 Å². The van der Waals surface area contributed by atoms with E-state index < -0.39 is 0 Å². The van der Waals surface area contributed by atoms with Crippen molar-refractivity contribution in [1.29, 1.82) is 0 Å². The Balaban J connectivity index is 1.72. The summed E-state index contributed by atoms with van der Waals surface area (Å²) in [4.78, 5) is 11.2. The van der Waals surface area contributed by atoms with E-state index in [1.807, 2.05) is 42.2 Å². The highest BCUT2D eigenvalue weighted by molar-refractivity contribution is 5.78. The number of carbonyl (C=O) groups is 1. The summed E-state index contributed by atoms with van der Waals surface area (Å²) < 4.78 is 7.47. The molecule has 1 aromatic carbocycles. The number of nitrogens with zero attached hydrogens (tertiary/aromatic N) is 2. The Bertz CT molecular complexity index is 594. The van der Waals surface area contributed by atoms with Gasteiger partial charge >= 0.3 is 0 Å². The van der Waals surface area contributed by atoms with Crippen LogP contribution >= 0.6 is 0 Å². The maximum absolute atomic E-state index is 11.2.